The van der Waals surface area contributed by atoms with Gasteiger partial charge in [0.15, 0.2) is 0 Å². The molecule has 3 nitrogen and oxygen atoms in total. The highest BCUT2D eigenvalue weighted by atomic mass is 127. The van der Waals surface area contributed by atoms with Gasteiger partial charge in [-0.3, -0.25) is 0 Å². The Bertz CT molecular complexity index is 618. The van der Waals surface area contributed by atoms with Crippen molar-refractivity contribution in [1.29, 1.82) is 0 Å². The number of aromatic hydroxyl groups is 1. The van der Waals surface area contributed by atoms with Crippen LogP contribution in [-0.4, -0.2) is 10.2 Å². The predicted molar refractivity (Wildman–Crippen MR) is 91.6 cm³/mol. The molecule has 0 bridgehead atoms. The monoisotopic (exact) mass is 398 g/mol. The minimum absolute atomic E-state index is 0.123. The summed E-state index contributed by atoms with van der Waals surface area (Å²) in [7, 11) is 0. The van der Waals surface area contributed by atoms with Crippen molar-refractivity contribution < 1.29 is 13.3 Å². The summed E-state index contributed by atoms with van der Waals surface area (Å²) in [6.07, 6.45) is 0.768. The van der Waals surface area contributed by atoms with E-state index in [0.717, 1.165) is 12.0 Å². The molecule has 21 heavy (non-hydrogen) atoms. The van der Waals surface area contributed by atoms with Crippen LogP contribution >= 0.6 is 23.0 Å². The number of phenols is 1. The molecule has 0 amide bonds. The van der Waals surface area contributed by atoms with Crippen molar-refractivity contribution >= 4 is 23.0 Å². The van der Waals surface area contributed by atoms with E-state index in [1.807, 2.05) is 12.1 Å². The maximum atomic E-state index is 10.1. The van der Waals surface area contributed by atoms with Crippen molar-refractivity contribution in [2.45, 2.75) is 33.5 Å². The summed E-state index contributed by atoms with van der Waals surface area (Å²) >= 11 is 1.80. The molecule has 0 aliphatic carbocycles. The quantitative estimate of drug-likeness (QED) is 0.750. The van der Waals surface area contributed by atoms with Gasteiger partial charge in [-0.1, -0.05) is 29.3 Å². The Balaban J connectivity index is 2.36. The third-order valence-electron chi connectivity index (χ3n) is 3.40. The molecule has 2 rings (SSSR count). The summed E-state index contributed by atoms with van der Waals surface area (Å²) in [6.45, 7) is 4.31. The molecule has 0 fully saturated rings. The number of hydrogen-bond donors (Lipinski definition) is 2. The van der Waals surface area contributed by atoms with E-state index in [4.69, 9.17) is 3.07 Å². The average molecular weight is 398 g/mol. The zero-order valence-electron chi connectivity index (χ0n) is 12.2. The maximum absolute atomic E-state index is 10.1. The summed E-state index contributed by atoms with van der Waals surface area (Å²) in [5.41, 5.74) is 6.01. The zero-order valence-corrected chi connectivity index (χ0v) is 14.3. The fraction of sp³-hybridized carbons (Fsp3) is 0.294. The Kier molecular flexibility index (Phi) is 5.61. The summed E-state index contributed by atoms with van der Waals surface area (Å²) in [5, 5.41) is 19.4. The number of aliphatic hydroxyl groups excluding tert-OH is 1. The Hall–Kier alpha value is -1.11. The van der Waals surface area contributed by atoms with Crippen molar-refractivity contribution in [2.24, 2.45) is 0 Å². The highest BCUT2D eigenvalue weighted by Gasteiger charge is 2.10. The Labute approximate surface area is 139 Å². The lowest BCUT2D eigenvalue weighted by atomic mass is 9.97. The van der Waals surface area contributed by atoms with Gasteiger partial charge in [-0.25, -0.2) is 0 Å². The third-order valence-corrected chi connectivity index (χ3v) is 3.71. The molecule has 4 heteroatoms. The Morgan fingerprint density at radius 3 is 2.10 bits per heavy atom. The van der Waals surface area contributed by atoms with Gasteiger partial charge in [0.05, 0.1) is 13.2 Å². The van der Waals surface area contributed by atoms with Crippen LogP contribution in [0.3, 0.4) is 0 Å². The molecule has 0 unspecified atom stereocenters. The van der Waals surface area contributed by atoms with Crippen molar-refractivity contribution in [3.05, 3.63) is 63.7 Å². The highest BCUT2D eigenvalue weighted by molar-refractivity contribution is 14.1. The Morgan fingerprint density at radius 1 is 0.952 bits per heavy atom. The van der Waals surface area contributed by atoms with Crippen LogP contribution in [0.1, 0.15) is 33.4 Å². The summed E-state index contributed by atoms with van der Waals surface area (Å²) in [4.78, 5) is 0. The number of hydrogen-bond acceptors (Lipinski definition) is 3. The second-order valence-electron chi connectivity index (χ2n) is 5.35. The lowest BCUT2D eigenvalue weighted by Gasteiger charge is -2.12. The van der Waals surface area contributed by atoms with Crippen molar-refractivity contribution in [3.63, 3.8) is 0 Å². The molecule has 112 valence electrons. The fourth-order valence-corrected chi connectivity index (χ4v) is 2.97. The molecule has 0 aliphatic heterocycles. The molecule has 0 radical (unpaired) electrons. The summed E-state index contributed by atoms with van der Waals surface area (Å²) < 4.78 is 5.08. The molecule has 2 aromatic carbocycles. The van der Waals surface area contributed by atoms with E-state index in [9.17, 15) is 10.2 Å². The first kappa shape index (κ1) is 16.3. The highest BCUT2D eigenvalue weighted by Crippen LogP contribution is 2.27. The number of benzene rings is 2. The molecule has 0 aliphatic rings. The van der Waals surface area contributed by atoms with Gasteiger partial charge in [-0.15, -0.1) is 0 Å². The van der Waals surface area contributed by atoms with Crippen LogP contribution in [0, 0.1) is 13.8 Å². The zero-order chi connectivity index (χ0) is 15.4. The summed E-state index contributed by atoms with van der Waals surface area (Å²) in [5.74, 6) is 0.123. The minimum atomic E-state index is -0.180. The van der Waals surface area contributed by atoms with Gasteiger partial charge >= 0.3 is 0 Å². The van der Waals surface area contributed by atoms with Crippen molar-refractivity contribution in [2.75, 3.05) is 0 Å². The number of aliphatic hydroxyl groups is 1. The topological polar surface area (TPSA) is 49.7 Å². The standard InChI is InChI=1S/C17H19IO3/c1-11-3-12(2)5-13(4-11)6-14-7-15(9-19)17(20)16(8-14)10-21-18/h3-5,7-8,19-20H,6,9-10H2,1-2H3. The molecule has 0 atom stereocenters. The van der Waals surface area contributed by atoms with E-state index >= 15 is 0 Å². The molecular weight excluding hydrogens is 379 g/mol. The van der Waals surface area contributed by atoms with Gasteiger partial charge < -0.3 is 13.3 Å². The normalized spacial score (nSPS) is 10.9. The van der Waals surface area contributed by atoms with Crippen LogP contribution in [0.4, 0.5) is 0 Å². The van der Waals surface area contributed by atoms with Crippen LogP contribution in [0.5, 0.6) is 5.75 Å². The smallest absolute Gasteiger partial charge is 0.126 e. The first-order valence-electron chi connectivity index (χ1n) is 6.78. The van der Waals surface area contributed by atoms with Gasteiger partial charge in [0, 0.05) is 11.1 Å². The van der Waals surface area contributed by atoms with Crippen LogP contribution in [-0.2, 0) is 22.7 Å². The van der Waals surface area contributed by atoms with Crippen LogP contribution in [0.15, 0.2) is 30.3 Å². The number of rotatable bonds is 5. The van der Waals surface area contributed by atoms with Gasteiger partial charge in [0.25, 0.3) is 0 Å². The van der Waals surface area contributed by atoms with Crippen LogP contribution in [0.25, 0.3) is 0 Å². The maximum Gasteiger partial charge on any atom is 0.126 e. The van der Waals surface area contributed by atoms with Gasteiger partial charge in [0.1, 0.15) is 28.8 Å². The first-order chi connectivity index (χ1) is 10.0. The lowest BCUT2D eigenvalue weighted by Crippen LogP contribution is -1.97. The number of halogens is 1. The lowest BCUT2D eigenvalue weighted by molar-refractivity contribution is 0.274. The first-order valence-corrected chi connectivity index (χ1v) is 7.66. The second kappa shape index (κ2) is 7.24. The average Bonchev–Trinajstić information content (AvgIpc) is 2.41. The van der Waals surface area contributed by atoms with Crippen LogP contribution < -0.4 is 0 Å². The minimum Gasteiger partial charge on any atom is -0.507 e. The van der Waals surface area contributed by atoms with Gasteiger partial charge in [-0.05, 0) is 43.5 Å². The third kappa shape index (κ3) is 4.18. The van der Waals surface area contributed by atoms with E-state index in [-0.39, 0.29) is 12.4 Å². The largest absolute Gasteiger partial charge is 0.507 e. The summed E-state index contributed by atoms with van der Waals surface area (Å²) in [6, 6.07) is 10.3. The van der Waals surface area contributed by atoms with Crippen LogP contribution in [0.2, 0.25) is 0 Å². The molecule has 2 aromatic rings. The van der Waals surface area contributed by atoms with E-state index in [1.54, 1.807) is 23.0 Å². The SMILES string of the molecule is Cc1cc(C)cc(Cc2cc(CO)c(O)c(COI)c2)c1. The van der Waals surface area contributed by atoms with E-state index < -0.39 is 0 Å². The molecule has 0 saturated carbocycles. The second-order valence-corrected chi connectivity index (χ2v) is 5.97. The van der Waals surface area contributed by atoms with E-state index in [1.165, 1.54) is 16.7 Å². The molecule has 0 heterocycles. The van der Waals surface area contributed by atoms with Crippen molar-refractivity contribution in [1.82, 2.24) is 0 Å². The van der Waals surface area contributed by atoms with E-state index in [0.29, 0.717) is 17.7 Å². The molecule has 0 aromatic heterocycles. The van der Waals surface area contributed by atoms with Gasteiger partial charge in [0.2, 0.25) is 0 Å². The van der Waals surface area contributed by atoms with Crippen molar-refractivity contribution in [3.8, 4) is 5.75 Å². The fourth-order valence-electron chi connectivity index (χ4n) is 2.63. The van der Waals surface area contributed by atoms with E-state index in [2.05, 4.69) is 32.0 Å². The predicted octanol–water partition coefficient (Wildman–Crippen LogP) is 3.96. The molecule has 0 saturated heterocycles. The molecular formula is C17H19IO3. The molecule has 2 N–H and O–H groups in total. The number of aryl methyl sites for hydroxylation is 2. The Morgan fingerprint density at radius 2 is 1.52 bits per heavy atom. The van der Waals surface area contributed by atoms with Gasteiger partial charge in [-0.2, -0.15) is 0 Å². The molecule has 0 spiro atoms.